The molecule has 3 nitrogen and oxygen atoms in total. The van der Waals surface area contributed by atoms with Gasteiger partial charge in [0, 0.05) is 16.3 Å². The van der Waals surface area contributed by atoms with Crippen LogP contribution < -0.4 is 5.32 Å². The van der Waals surface area contributed by atoms with Gasteiger partial charge in [-0.15, -0.1) is 23.5 Å². The van der Waals surface area contributed by atoms with Crippen LogP contribution in [0.3, 0.4) is 0 Å². The molecule has 0 aliphatic rings. The lowest BCUT2D eigenvalue weighted by Gasteiger charge is -2.15. The maximum atomic E-state index is 12.2. The van der Waals surface area contributed by atoms with Gasteiger partial charge in [-0.3, -0.25) is 4.79 Å². The molecule has 2 aromatic rings. The number of aliphatic hydroxyl groups is 1. The minimum Gasteiger partial charge on any atom is -0.388 e. The van der Waals surface area contributed by atoms with E-state index in [0.29, 0.717) is 5.75 Å². The molecule has 2 aromatic carbocycles. The van der Waals surface area contributed by atoms with Crippen molar-refractivity contribution in [3.8, 4) is 0 Å². The van der Waals surface area contributed by atoms with Gasteiger partial charge >= 0.3 is 0 Å². The van der Waals surface area contributed by atoms with Gasteiger partial charge in [0.05, 0.1) is 11.4 Å². The number of carbonyl (C=O) groups excluding carboxylic acids is 1. The SMILES string of the molecule is CSc1cccc(NC(=O)C(C)SCC(O)c2ccccc2)c1. The lowest BCUT2D eigenvalue weighted by Crippen LogP contribution is -2.23. The average Bonchev–Trinajstić information content (AvgIpc) is 2.60. The Morgan fingerprint density at radius 2 is 1.91 bits per heavy atom. The van der Waals surface area contributed by atoms with E-state index in [2.05, 4.69) is 5.32 Å². The summed E-state index contributed by atoms with van der Waals surface area (Å²) in [7, 11) is 0. The fourth-order valence-corrected chi connectivity index (χ4v) is 3.36. The van der Waals surface area contributed by atoms with Crippen LogP contribution in [0.15, 0.2) is 59.5 Å². The van der Waals surface area contributed by atoms with Gasteiger partial charge in [0.1, 0.15) is 0 Å². The quantitative estimate of drug-likeness (QED) is 0.737. The Kier molecular flexibility index (Phi) is 7.02. The van der Waals surface area contributed by atoms with E-state index in [1.807, 2.05) is 67.8 Å². The van der Waals surface area contributed by atoms with Gasteiger partial charge in [-0.2, -0.15) is 0 Å². The third-order valence-corrected chi connectivity index (χ3v) is 5.34. The zero-order valence-electron chi connectivity index (χ0n) is 13.2. The van der Waals surface area contributed by atoms with E-state index < -0.39 is 6.10 Å². The van der Waals surface area contributed by atoms with E-state index in [0.717, 1.165) is 16.1 Å². The first-order valence-corrected chi connectivity index (χ1v) is 9.67. The number of nitrogens with one attached hydrogen (secondary N) is 1. The molecular formula is C18H21NO2S2. The first-order valence-electron chi connectivity index (χ1n) is 7.39. The smallest absolute Gasteiger partial charge is 0.237 e. The predicted molar refractivity (Wildman–Crippen MR) is 100 cm³/mol. The summed E-state index contributed by atoms with van der Waals surface area (Å²) in [5.74, 6) is 0.442. The number of carbonyl (C=O) groups is 1. The Hall–Kier alpha value is -1.43. The van der Waals surface area contributed by atoms with Crippen LogP contribution >= 0.6 is 23.5 Å². The highest BCUT2D eigenvalue weighted by molar-refractivity contribution is 8.00. The summed E-state index contributed by atoms with van der Waals surface area (Å²) in [5, 5.41) is 12.8. The van der Waals surface area contributed by atoms with Crippen molar-refractivity contribution in [1.82, 2.24) is 0 Å². The van der Waals surface area contributed by atoms with Gasteiger partial charge in [-0.05, 0) is 36.9 Å². The number of anilines is 1. The van der Waals surface area contributed by atoms with Crippen LogP contribution in [0.1, 0.15) is 18.6 Å². The number of thioether (sulfide) groups is 2. The summed E-state index contributed by atoms with van der Waals surface area (Å²) in [5.41, 5.74) is 1.68. The summed E-state index contributed by atoms with van der Waals surface area (Å²) in [4.78, 5) is 13.4. The fourth-order valence-electron chi connectivity index (χ4n) is 2.03. The molecule has 0 radical (unpaired) electrons. The highest BCUT2D eigenvalue weighted by Crippen LogP contribution is 2.23. The maximum absolute atomic E-state index is 12.2. The number of hydrogen-bond donors (Lipinski definition) is 2. The first kappa shape index (κ1) is 17.9. The van der Waals surface area contributed by atoms with Crippen LogP contribution in [-0.4, -0.2) is 28.3 Å². The molecule has 0 heterocycles. The first-order chi connectivity index (χ1) is 11.1. The minimum absolute atomic E-state index is 0.0477. The number of rotatable bonds is 7. The van der Waals surface area contributed by atoms with Gasteiger partial charge in [0.15, 0.2) is 0 Å². The molecule has 0 spiro atoms. The van der Waals surface area contributed by atoms with Crippen molar-refractivity contribution in [2.24, 2.45) is 0 Å². The van der Waals surface area contributed by atoms with Crippen LogP contribution in [0.4, 0.5) is 5.69 Å². The second-order valence-corrected chi connectivity index (χ2v) is 7.38. The van der Waals surface area contributed by atoms with E-state index in [1.54, 1.807) is 11.8 Å². The van der Waals surface area contributed by atoms with Crippen molar-refractivity contribution in [2.45, 2.75) is 23.2 Å². The summed E-state index contributed by atoms with van der Waals surface area (Å²) >= 11 is 3.09. The summed E-state index contributed by atoms with van der Waals surface area (Å²) in [6.45, 7) is 1.86. The zero-order valence-corrected chi connectivity index (χ0v) is 14.9. The van der Waals surface area contributed by atoms with Gasteiger partial charge in [0.2, 0.25) is 5.91 Å². The van der Waals surface area contributed by atoms with Crippen molar-refractivity contribution in [3.05, 3.63) is 60.2 Å². The van der Waals surface area contributed by atoms with Crippen LogP contribution in [0, 0.1) is 0 Å². The molecular weight excluding hydrogens is 326 g/mol. The molecule has 0 saturated heterocycles. The second kappa shape index (κ2) is 9.01. The van der Waals surface area contributed by atoms with Gasteiger partial charge in [0.25, 0.3) is 0 Å². The minimum atomic E-state index is -0.559. The van der Waals surface area contributed by atoms with E-state index in [4.69, 9.17) is 0 Å². The van der Waals surface area contributed by atoms with E-state index in [9.17, 15) is 9.90 Å². The van der Waals surface area contributed by atoms with Gasteiger partial charge in [-0.25, -0.2) is 0 Å². The summed E-state index contributed by atoms with van der Waals surface area (Å²) < 4.78 is 0. The largest absolute Gasteiger partial charge is 0.388 e. The highest BCUT2D eigenvalue weighted by Gasteiger charge is 2.16. The van der Waals surface area contributed by atoms with Crippen LogP contribution in [0.5, 0.6) is 0 Å². The van der Waals surface area contributed by atoms with Crippen LogP contribution in [-0.2, 0) is 4.79 Å². The fraction of sp³-hybridized carbons (Fsp3) is 0.278. The topological polar surface area (TPSA) is 49.3 Å². The van der Waals surface area contributed by atoms with E-state index in [-0.39, 0.29) is 11.2 Å². The molecule has 0 aromatic heterocycles. The Morgan fingerprint density at radius 1 is 1.17 bits per heavy atom. The Balaban J connectivity index is 1.85. The summed E-state index contributed by atoms with van der Waals surface area (Å²) in [6.07, 6.45) is 1.45. The molecule has 0 saturated carbocycles. The standard InChI is InChI=1S/C18H21NO2S2/c1-13(23-12-17(20)14-7-4-3-5-8-14)18(21)19-15-9-6-10-16(11-15)22-2/h3-11,13,17,20H,12H2,1-2H3,(H,19,21). The third-order valence-electron chi connectivity index (χ3n) is 3.39. The van der Waals surface area contributed by atoms with Crippen LogP contribution in [0.25, 0.3) is 0 Å². The molecule has 0 bridgehead atoms. The van der Waals surface area contributed by atoms with Gasteiger partial charge < -0.3 is 10.4 Å². The Bertz CT molecular complexity index is 634. The molecule has 0 aliphatic heterocycles. The monoisotopic (exact) mass is 347 g/mol. The number of amides is 1. The molecule has 2 N–H and O–H groups in total. The molecule has 5 heteroatoms. The molecule has 2 atom stereocenters. The lowest BCUT2D eigenvalue weighted by molar-refractivity contribution is -0.115. The predicted octanol–water partition coefficient (Wildman–Crippen LogP) is 4.20. The number of benzene rings is 2. The van der Waals surface area contributed by atoms with Crippen molar-refractivity contribution in [3.63, 3.8) is 0 Å². The molecule has 2 rings (SSSR count). The Labute approximate surface area is 145 Å². The Morgan fingerprint density at radius 3 is 2.61 bits per heavy atom. The molecule has 0 aliphatic carbocycles. The number of hydrogen-bond acceptors (Lipinski definition) is 4. The lowest BCUT2D eigenvalue weighted by atomic mass is 10.1. The molecule has 2 unspecified atom stereocenters. The van der Waals surface area contributed by atoms with E-state index in [1.165, 1.54) is 11.8 Å². The summed E-state index contributed by atoms with van der Waals surface area (Å²) in [6, 6.07) is 17.3. The van der Waals surface area contributed by atoms with Crippen molar-refractivity contribution in [1.29, 1.82) is 0 Å². The van der Waals surface area contributed by atoms with Gasteiger partial charge in [-0.1, -0.05) is 36.4 Å². The van der Waals surface area contributed by atoms with Crippen molar-refractivity contribution >= 4 is 35.1 Å². The molecule has 23 heavy (non-hydrogen) atoms. The molecule has 1 amide bonds. The van der Waals surface area contributed by atoms with Crippen molar-refractivity contribution in [2.75, 3.05) is 17.3 Å². The van der Waals surface area contributed by atoms with E-state index >= 15 is 0 Å². The average molecular weight is 348 g/mol. The second-order valence-electron chi connectivity index (χ2n) is 5.12. The molecule has 0 fully saturated rings. The molecule has 122 valence electrons. The normalized spacial score (nSPS) is 13.3. The maximum Gasteiger partial charge on any atom is 0.237 e. The highest BCUT2D eigenvalue weighted by atomic mass is 32.2. The third kappa shape index (κ3) is 5.61. The number of aliphatic hydroxyl groups excluding tert-OH is 1. The zero-order chi connectivity index (χ0) is 16.7. The van der Waals surface area contributed by atoms with Crippen molar-refractivity contribution < 1.29 is 9.90 Å². The van der Waals surface area contributed by atoms with Crippen LogP contribution in [0.2, 0.25) is 0 Å².